The van der Waals surface area contributed by atoms with Crippen LogP contribution in [0, 0.1) is 18.7 Å². The van der Waals surface area contributed by atoms with E-state index in [0.29, 0.717) is 24.6 Å². The van der Waals surface area contributed by atoms with Gasteiger partial charge in [0.2, 0.25) is 5.91 Å². The molecule has 0 aliphatic carbocycles. The summed E-state index contributed by atoms with van der Waals surface area (Å²) in [4.78, 5) is 23.9. The van der Waals surface area contributed by atoms with Gasteiger partial charge in [-0.3, -0.25) is 9.59 Å². The average Bonchev–Trinajstić information content (AvgIpc) is 2.51. The Kier molecular flexibility index (Phi) is 8.72. The van der Waals surface area contributed by atoms with Gasteiger partial charge in [-0.2, -0.15) is 0 Å². The topological polar surface area (TPSA) is 70.2 Å². The van der Waals surface area contributed by atoms with E-state index in [1.54, 1.807) is 13.0 Å². The van der Waals surface area contributed by atoms with Crippen LogP contribution in [0.25, 0.3) is 0 Å². The van der Waals surface area contributed by atoms with E-state index in [-0.39, 0.29) is 23.9 Å². The molecule has 6 heteroatoms. The number of hydrogen-bond donors (Lipinski definition) is 3. The van der Waals surface area contributed by atoms with Crippen LogP contribution in [-0.4, -0.2) is 37.0 Å². The number of carbonyl (C=O) groups excluding carboxylic acids is 2. The lowest BCUT2D eigenvalue weighted by Gasteiger charge is -2.21. The zero-order valence-electron chi connectivity index (χ0n) is 16.5. The lowest BCUT2D eigenvalue weighted by atomic mass is 10.0. The Hall–Kier alpha value is -1.95. The minimum atomic E-state index is -0.403. The van der Waals surface area contributed by atoms with Gasteiger partial charge >= 0.3 is 0 Å². The standard InChI is InChI=1S/C20H32FN3O2/c1-6-15(7-8-22-13-18(25)24-20(3,4)5)12-23-19(26)16-9-14(2)10-17(21)11-16/h9-11,15,22H,6-8,12-13H2,1-5H3,(H,23,26)(H,24,25). The first-order valence-electron chi connectivity index (χ1n) is 9.18. The molecule has 0 saturated heterocycles. The maximum atomic E-state index is 13.4. The van der Waals surface area contributed by atoms with Gasteiger partial charge in [0, 0.05) is 17.6 Å². The van der Waals surface area contributed by atoms with E-state index in [1.807, 2.05) is 20.8 Å². The largest absolute Gasteiger partial charge is 0.352 e. The number of rotatable bonds is 9. The first kappa shape index (κ1) is 22.1. The van der Waals surface area contributed by atoms with Crippen molar-refractivity contribution in [1.82, 2.24) is 16.0 Å². The van der Waals surface area contributed by atoms with E-state index in [4.69, 9.17) is 0 Å². The molecule has 1 aromatic carbocycles. The second-order valence-corrected chi connectivity index (χ2v) is 7.77. The molecule has 0 radical (unpaired) electrons. The maximum Gasteiger partial charge on any atom is 0.251 e. The number of halogens is 1. The number of carbonyl (C=O) groups is 2. The van der Waals surface area contributed by atoms with E-state index in [0.717, 1.165) is 18.4 Å². The van der Waals surface area contributed by atoms with Crippen molar-refractivity contribution in [3.63, 3.8) is 0 Å². The molecule has 26 heavy (non-hydrogen) atoms. The Bertz CT molecular complexity index is 591. The molecule has 0 bridgehead atoms. The molecule has 1 unspecified atom stereocenters. The molecule has 0 aliphatic rings. The minimum Gasteiger partial charge on any atom is -0.352 e. The van der Waals surface area contributed by atoms with Crippen molar-refractivity contribution in [2.24, 2.45) is 5.92 Å². The third kappa shape index (κ3) is 8.94. The van der Waals surface area contributed by atoms with E-state index in [2.05, 4.69) is 22.9 Å². The molecule has 1 rings (SSSR count). The Morgan fingerprint density at radius 2 is 1.88 bits per heavy atom. The third-order valence-electron chi connectivity index (χ3n) is 3.96. The lowest BCUT2D eigenvalue weighted by molar-refractivity contribution is -0.121. The summed E-state index contributed by atoms with van der Waals surface area (Å²) in [5, 5.41) is 8.90. The first-order valence-corrected chi connectivity index (χ1v) is 9.18. The van der Waals surface area contributed by atoms with Crippen LogP contribution in [0.2, 0.25) is 0 Å². The maximum absolute atomic E-state index is 13.4. The van der Waals surface area contributed by atoms with Crippen LogP contribution in [0.4, 0.5) is 4.39 Å². The molecular formula is C20H32FN3O2. The monoisotopic (exact) mass is 365 g/mol. The number of aryl methyl sites for hydroxylation is 1. The lowest BCUT2D eigenvalue weighted by Crippen LogP contribution is -2.45. The predicted molar refractivity (Wildman–Crippen MR) is 103 cm³/mol. The van der Waals surface area contributed by atoms with Gasteiger partial charge in [-0.25, -0.2) is 4.39 Å². The van der Waals surface area contributed by atoms with Gasteiger partial charge < -0.3 is 16.0 Å². The summed E-state index contributed by atoms with van der Waals surface area (Å²) in [5.41, 5.74) is 0.832. The van der Waals surface area contributed by atoms with Crippen molar-refractivity contribution in [1.29, 1.82) is 0 Å². The fraction of sp³-hybridized carbons (Fsp3) is 0.600. The molecular weight excluding hydrogens is 333 g/mol. The molecule has 1 atom stereocenters. The van der Waals surface area contributed by atoms with Gasteiger partial charge in [0.15, 0.2) is 0 Å². The fourth-order valence-corrected chi connectivity index (χ4v) is 2.63. The molecule has 3 N–H and O–H groups in total. The van der Waals surface area contributed by atoms with Crippen LogP contribution in [-0.2, 0) is 4.79 Å². The first-order chi connectivity index (χ1) is 12.1. The highest BCUT2D eigenvalue weighted by Crippen LogP contribution is 2.10. The average molecular weight is 365 g/mol. The van der Waals surface area contributed by atoms with E-state index in [1.165, 1.54) is 12.1 Å². The quantitative estimate of drug-likeness (QED) is 0.590. The van der Waals surface area contributed by atoms with E-state index >= 15 is 0 Å². The Balaban J connectivity index is 2.34. The Morgan fingerprint density at radius 3 is 2.46 bits per heavy atom. The zero-order chi connectivity index (χ0) is 19.7. The summed E-state index contributed by atoms with van der Waals surface area (Å²) in [7, 11) is 0. The van der Waals surface area contributed by atoms with Crippen LogP contribution in [0.3, 0.4) is 0 Å². The molecule has 0 aromatic heterocycles. The van der Waals surface area contributed by atoms with Gasteiger partial charge in [0.05, 0.1) is 6.54 Å². The Morgan fingerprint density at radius 1 is 1.19 bits per heavy atom. The van der Waals surface area contributed by atoms with Gasteiger partial charge in [0.25, 0.3) is 5.91 Å². The van der Waals surface area contributed by atoms with Crippen molar-refractivity contribution >= 4 is 11.8 Å². The van der Waals surface area contributed by atoms with Crippen LogP contribution >= 0.6 is 0 Å². The summed E-state index contributed by atoms with van der Waals surface area (Å²) in [5.74, 6) is -0.393. The smallest absolute Gasteiger partial charge is 0.251 e. The molecule has 0 fully saturated rings. The highest BCUT2D eigenvalue weighted by Gasteiger charge is 2.14. The van der Waals surface area contributed by atoms with Crippen LogP contribution in [0.1, 0.15) is 56.5 Å². The SMILES string of the molecule is CCC(CCNCC(=O)NC(C)(C)C)CNC(=O)c1cc(C)cc(F)c1. The van der Waals surface area contributed by atoms with Crippen molar-refractivity contribution < 1.29 is 14.0 Å². The number of amides is 2. The highest BCUT2D eigenvalue weighted by atomic mass is 19.1. The molecule has 146 valence electrons. The minimum absolute atomic E-state index is 0.0275. The third-order valence-corrected chi connectivity index (χ3v) is 3.96. The van der Waals surface area contributed by atoms with E-state index < -0.39 is 5.82 Å². The summed E-state index contributed by atoms with van der Waals surface area (Å²) in [6.07, 6.45) is 1.76. The van der Waals surface area contributed by atoms with Gasteiger partial charge in [0.1, 0.15) is 5.82 Å². The van der Waals surface area contributed by atoms with Gasteiger partial charge in [-0.15, -0.1) is 0 Å². The second kappa shape index (κ2) is 10.3. The Labute approximate surface area is 156 Å². The predicted octanol–water partition coefficient (Wildman–Crippen LogP) is 2.78. The second-order valence-electron chi connectivity index (χ2n) is 7.77. The molecule has 0 spiro atoms. The van der Waals surface area contributed by atoms with Gasteiger partial charge in [-0.1, -0.05) is 13.3 Å². The molecule has 0 saturated carbocycles. The van der Waals surface area contributed by atoms with Crippen LogP contribution < -0.4 is 16.0 Å². The fourth-order valence-electron chi connectivity index (χ4n) is 2.63. The summed E-state index contributed by atoms with van der Waals surface area (Å²) >= 11 is 0. The van der Waals surface area contributed by atoms with Crippen molar-refractivity contribution in [3.8, 4) is 0 Å². The number of hydrogen-bond acceptors (Lipinski definition) is 3. The molecule has 0 aliphatic heterocycles. The zero-order valence-corrected chi connectivity index (χ0v) is 16.5. The normalized spacial score (nSPS) is 12.5. The summed E-state index contributed by atoms with van der Waals surface area (Å²) < 4.78 is 13.4. The molecule has 0 heterocycles. The highest BCUT2D eigenvalue weighted by molar-refractivity contribution is 5.94. The summed E-state index contributed by atoms with van der Waals surface area (Å²) in [6.45, 7) is 11.2. The van der Waals surface area contributed by atoms with Crippen molar-refractivity contribution in [3.05, 3.63) is 35.1 Å². The molecule has 1 aromatic rings. The van der Waals surface area contributed by atoms with Crippen molar-refractivity contribution in [2.45, 2.75) is 53.0 Å². The molecule has 5 nitrogen and oxygen atoms in total. The molecule has 2 amide bonds. The van der Waals surface area contributed by atoms with Gasteiger partial charge in [-0.05, 0) is 70.3 Å². The number of nitrogens with one attached hydrogen (secondary N) is 3. The van der Waals surface area contributed by atoms with Crippen LogP contribution in [0.5, 0.6) is 0 Å². The number of benzene rings is 1. The summed E-state index contributed by atoms with van der Waals surface area (Å²) in [6, 6.07) is 4.32. The van der Waals surface area contributed by atoms with E-state index in [9.17, 15) is 14.0 Å². The van der Waals surface area contributed by atoms with Crippen LogP contribution in [0.15, 0.2) is 18.2 Å². The van der Waals surface area contributed by atoms with Crippen molar-refractivity contribution in [2.75, 3.05) is 19.6 Å².